The number of carboxylic acid groups (broad SMARTS) is 1. The molecule has 1 N–H and O–H groups in total. The normalized spacial score (nSPS) is 12.3. The molecular weight excluding hydrogens is 235 g/mol. The highest BCUT2D eigenvalue weighted by Crippen LogP contribution is 2.23. The first kappa shape index (κ1) is 12.4. The van der Waals surface area contributed by atoms with E-state index >= 15 is 0 Å². The second-order valence-corrected chi connectivity index (χ2v) is 4.22. The van der Waals surface area contributed by atoms with Gasteiger partial charge in [0.15, 0.2) is 0 Å². The Hall–Kier alpha value is -2.10. The summed E-state index contributed by atoms with van der Waals surface area (Å²) in [7, 11) is 0. The lowest BCUT2D eigenvalue weighted by molar-refractivity contribution is -0.141. The third kappa shape index (κ3) is 2.77. The summed E-state index contributed by atoms with van der Waals surface area (Å²) in [5, 5.41) is 8.81. The molecule has 1 aromatic carbocycles. The zero-order valence-electron chi connectivity index (χ0n) is 9.89. The second-order valence-electron chi connectivity index (χ2n) is 4.22. The van der Waals surface area contributed by atoms with E-state index in [1.807, 2.05) is 0 Å². The van der Waals surface area contributed by atoms with Gasteiger partial charge in [-0.2, -0.15) is 0 Å². The van der Waals surface area contributed by atoms with E-state index in [0.29, 0.717) is 17.9 Å². The molecule has 1 unspecified atom stereocenters. The van der Waals surface area contributed by atoms with Gasteiger partial charge in [-0.1, -0.05) is 6.92 Å². The van der Waals surface area contributed by atoms with E-state index in [-0.39, 0.29) is 5.82 Å². The van der Waals surface area contributed by atoms with Crippen molar-refractivity contribution in [1.82, 2.24) is 0 Å². The number of carboxylic acids is 1. The Bertz CT molecular complexity index is 542. The van der Waals surface area contributed by atoms with Crippen molar-refractivity contribution in [3.63, 3.8) is 0 Å². The molecule has 0 bridgehead atoms. The summed E-state index contributed by atoms with van der Waals surface area (Å²) >= 11 is 0. The van der Waals surface area contributed by atoms with E-state index in [4.69, 9.17) is 9.52 Å². The second kappa shape index (κ2) is 5.04. The third-order valence-corrected chi connectivity index (χ3v) is 2.72. The Balaban J connectivity index is 2.15. The molecule has 0 aliphatic heterocycles. The molecule has 0 saturated carbocycles. The molecule has 0 saturated heterocycles. The molecule has 2 aromatic rings. The van der Waals surface area contributed by atoms with E-state index in [0.717, 1.165) is 5.56 Å². The number of hydrogen-bond acceptors (Lipinski definition) is 2. The van der Waals surface area contributed by atoms with Crippen molar-refractivity contribution in [3.05, 3.63) is 48.0 Å². The number of benzene rings is 1. The largest absolute Gasteiger partial charge is 0.481 e. The van der Waals surface area contributed by atoms with Crippen LogP contribution in [-0.4, -0.2) is 11.1 Å². The van der Waals surface area contributed by atoms with Gasteiger partial charge in [-0.05, 0) is 36.4 Å². The van der Waals surface area contributed by atoms with Crippen molar-refractivity contribution >= 4 is 5.97 Å². The molecule has 0 amide bonds. The first-order valence-electron chi connectivity index (χ1n) is 5.63. The Labute approximate surface area is 104 Å². The minimum absolute atomic E-state index is 0.301. The van der Waals surface area contributed by atoms with Gasteiger partial charge < -0.3 is 9.52 Å². The van der Waals surface area contributed by atoms with Gasteiger partial charge in [-0.3, -0.25) is 4.79 Å². The molecule has 0 radical (unpaired) electrons. The van der Waals surface area contributed by atoms with Gasteiger partial charge in [0, 0.05) is 12.0 Å². The number of carbonyl (C=O) groups is 1. The van der Waals surface area contributed by atoms with Gasteiger partial charge in [-0.25, -0.2) is 4.39 Å². The summed E-state index contributed by atoms with van der Waals surface area (Å²) in [4.78, 5) is 10.7. The zero-order chi connectivity index (χ0) is 13.1. The van der Waals surface area contributed by atoms with E-state index in [2.05, 4.69) is 0 Å². The maximum atomic E-state index is 12.8. The van der Waals surface area contributed by atoms with E-state index < -0.39 is 11.9 Å². The van der Waals surface area contributed by atoms with Crippen molar-refractivity contribution in [1.29, 1.82) is 0 Å². The zero-order valence-corrected chi connectivity index (χ0v) is 9.89. The molecule has 94 valence electrons. The lowest BCUT2D eigenvalue weighted by Gasteiger charge is -2.02. The number of halogens is 1. The van der Waals surface area contributed by atoms with Crippen molar-refractivity contribution in [2.24, 2.45) is 5.92 Å². The number of aliphatic carboxylic acids is 1. The molecule has 0 fully saturated rings. The van der Waals surface area contributed by atoms with Gasteiger partial charge >= 0.3 is 5.97 Å². The first-order chi connectivity index (χ1) is 8.56. The molecule has 18 heavy (non-hydrogen) atoms. The summed E-state index contributed by atoms with van der Waals surface area (Å²) in [6.07, 6.45) is 0.344. The molecule has 2 rings (SSSR count). The van der Waals surface area contributed by atoms with Gasteiger partial charge in [0.1, 0.15) is 17.3 Å². The highest BCUT2D eigenvalue weighted by Gasteiger charge is 2.14. The van der Waals surface area contributed by atoms with Crippen LogP contribution >= 0.6 is 0 Å². The van der Waals surface area contributed by atoms with Gasteiger partial charge in [0.25, 0.3) is 0 Å². The number of hydrogen-bond donors (Lipinski definition) is 1. The Morgan fingerprint density at radius 3 is 2.56 bits per heavy atom. The van der Waals surface area contributed by atoms with Crippen LogP contribution < -0.4 is 0 Å². The summed E-state index contributed by atoms with van der Waals surface area (Å²) < 4.78 is 18.3. The fourth-order valence-corrected chi connectivity index (χ4v) is 1.65. The van der Waals surface area contributed by atoms with Crippen molar-refractivity contribution in [2.75, 3.05) is 0 Å². The molecule has 0 spiro atoms. The minimum atomic E-state index is -0.852. The Kier molecular flexibility index (Phi) is 3.46. The van der Waals surface area contributed by atoms with Crippen LogP contribution in [0.2, 0.25) is 0 Å². The maximum absolute atomic E-state index is 12.8. The summed E-state index contributed by atoms with van der Waals surface area (Å²) in [5.74, 6) is -0.413. The summed E-state index contributed by atoms with van der Waals surface area (Å²) in [6, 6.07) is 9.47. The molecule has 1 atom stereocenters. The highest BCUT2D eigenvalue weighted by atomic mass is 19.1. The van der Waals surface area contributed by atoms with E-state index in [1.54, 1.807) is 31.2 Å². The third-order valence-electron chi connectivity index (χ3n) is 2.72. The minimum Gasteiger partial charge on any atom is -0.481 e. The standard InChI is InChI=1S/C14H13FO3/c1-9(14(16)17)8-12-6-7-13(18-12)10-2-4-11(15)5-3-10/h2-7,9H,8H2,1H3,(H,16,17). The number of furan rings is 1. The molecule has 0 aliphatic rings. The van der Waals surface area contributed by atoms with Crippen LogP contribution in [0.4, 0.5) is 4.39 Å². The van der Waals surface area contributed by atoms with Gasteiger partial charge in [0.05, 0.1) is 5.92 Å². The molecular formula is C14H13FO3. The molecule has 4 heteroatoms. The van der Waals surface area contributed by atoms with Crippen LogP contribution in [0.1, 0.15) is 12.7 Å². The number of rotatable bonds is 4. The van der Waals surface area contributed by atoms with Crippen LogP contribution in [0.5, 0.6) is 0 Å². The highest BCUT2D eigenvalue weighted by molar-refractivity contribution is 5.69. The van der Waals surface area contributed by atoms with Gasteiger partial charge in [-0.15, -0.1) is 0 Å². The SMILES string of the molecule is CC(Cc1ccc(-c2ccc(F)cc2)o1)C(=O)O. The predicted molar refractivity (Wildman–Crippen MR) is 64.6 cm³/mol. The average Bonchev–Trinajstić information content (AvgIpc) is 2.78. The fourth-order valence-electron chi connectivity index (χ4n) is 1.65. The summed E-state index contributed by atoms with van der Waals surface area (Å²) in [6.45, 7) is 1.63. The quantitative estimate of drug-likeness (QED) is 0.902. The molecule has 3 nitrogen and oxygen atoms in total. The van der Waals surface area contributed by atoms with Gasteiger partial charge in [0.2, 0.25) is 0 Å². The van der Waals surface area contributed by atoms with Crippen molar-refractivity contribution in [3.8, 4) is 11.3 Å². The van der Waals surface area contributed by atoms with Crippen LogP contribution in [0.25, 0.3) is 11.3 Å². The topological polar surface area (TPSA) is 50.4 Å². The Morgan fingerprint density at radius 1 is 1.28 bits per heavy atom. The van der Waals surface area contributed by atoms with Crippen molar-refractivity contribution in [2.45, 2.75) is 13.3 Å². The van der Waals surface area contributed by atoms with Crippen LogP contribution in [0, 0.1) is 11.7 Å². The Morgan fingerprint density at radius 2 is 1.94 bits per heavy atom. The predicted octanol–water partition coefficient (Wildman–Crippen LogP) is 3.35. The monoisotopic (exact) mass is 248 g/mol. The molecule has 1 aromatic heterocycles. The smallest absolute Gasteiger partial charge is 0.306 e. The van der Waals surface area contributed by atoms with E-state index in [1.165, 1.54) is 12.1 Å². The van der Waals surface area contributed by atoms with Crippen LogP contribution in [-0.2, 0) is 11.2 Å². The summed E-state index contributed by atoms with van der Waals surface area (Å²) in [5.41, 5.74) is 0.769. The average molecular weight is 248 g/mol. The van der Waals surface area contributed by atoms with Crippen LogP contribution in [0.15, 0.2) is 40.8 Å². The van der Waals surface area contributed by atoms with Crippen LogP contribution in [0.3, 0.4) is 0 Å². The van der Waals surface area contributed by atoms with Crippen molar-refractivity contribution < 1.29 is 18.7 Å². The van der Waals surface area contributed by atoms with E-state index in [9.17, 15) is 9.18 Å². The maximum Gasteiger partial charge on any atom is 0.306 e. The molecule has 1 heterocycles. The lowest BCUT2D eigenvalue weighted by Crippen LogP contribution is -2.11. The lowest BCUT2D eigenvalue weighted by atomic mass is 10.1. The molecule has 0 aliphatic carbocycles. The first-order valence-corrected chi connectivity index (χ1v) is 5.63. The fraction of sp³-hybridized carbons (Fsp3) is 0.214.